The highest BCUT2D eigenvalue weighted by molar-refractivity contribution is 5.71. The van der Waals surface area contributed by atoms with Crippen LogP contribution in [-0.4, -0.2) is 31.3 Å². The van der Waals surface area contributed by atoms with E-state index in [1.54, 1.807) is 7.05 Å². The van der Waals surface area contributed by atoms with Crippen molar-refractivity contribution in [2.75, 3.05) is 20.4 Å². The molecule has 0 heterocycles. The van der Waals surface area contributed by atoms with Crippen molar-refractivity contribution in [1.82, 2.24) is 4.90 Å². The zero-order chi connectivity index (χ0) is 7.98. The summed E-state index contributed by atoms with van der Waals surface area (Å²) in [5.74, 6) is 0. The number of amides is 2. The predicted octanol–water partition coefficient (Wildman–Crippen LogP) is 0.381. The van der Waals surface area contributed by atoms with Crippen LogP contribution >= 0.6 is 0 Å². The van der Waals surface area contributed by atoms with E-state index in [4.69, 9.17) is 10.5 Å². The van der Waals surface area contributed by atoms with E-state index in [-0.39, 0.29) is 6.73 Å². The molecule has 0 radical (unpaired) electrons. The molecule has 0 spiro atoms. The van der Waals surface area contributed by atoms with E-state index in [2.05, 4.69) is 0 Å². The van der Waals surface area contributed by atoms with Crippen LogP contribution in [0.2, 0.25) is 0 Å². The van der Waals surface area contributed by atoms with Crippen molar-refractivity contribution in [2.24, 2.45) is 5.73 Å². The monoisotopic (exact) mass is 146 g/mol. The minimum atomic E-state index is -0.462. The lowest BCUT2D eigenvalue weighted by atomic mass is 10.5. The molecule has 60 valence electrons. The molecule has 4 heteroatoms. The van der Waals surface area contributed by atoms with Crippen LogP contribution in [0, 0.1) is 0 Å². The normalized spacial score (nSPS) is 9.40. The Bertz CT molecular complexity index is 106. The average Bonchev–Trinajstić information content (AvgIpc) is 1.88. The molecule has 0 aliphatic heterocycles. The van der Waals surface area contributed by atoms with Gasteiger partial charge in [-0.1, -0.05) is 6.92 Å². The number of carbonyl (C=O) groups is 1. The minimum Gasteiger partial charge on any atom is -0.361 e. The van der Waals surface area contributed by atoms with E-state index in [1.807, 2.05) is 6.92 Å². The first-order valence-electron chi connectivity index (χ1n) is 3.26. The number of rotatable bonds is 4. The first-order valence-corrected chi connectivity index (χ1v) is 3.26. The summed E-state index contributed by atoms with van der Waals surface area (Å²) in [4.78, 5) is 11.7. The third-order valence-electron chi connectivity index (χ3n) is 1.01. The summed E-state index contributed by atoms with van der Waals surface area (Å²) in [7, 11) is 1.60. The molecule has 0 unspecified atom stereocenters. The summed E-state index contributed by atoms with van der Waals surface area (Å²) >= 11 is 0. The molecule has 0 aliphatic rings. The molecule has 2 amide bonds. The van der Waals surface area contributed by atoms with Crippen molar-refractivity contribution < 1.29 is 9.53 Å². The maximum atomic E-state index is 10.4. The number of nitrogens with zero attached hydrogens (tertiary/aromatic N) is 1. The van der Waals surface area contributed by atoms with E-state index in [9.17, 15) is 4.79 Å². The Hall–Kier alpha value is -0.770. The van der Waals surface area contributed by atoms with Gasteiger partial charge < -0.3 is 15.4 Å². The third-order valence-corrected chi connectivity index (χ3v) is 1.01. The van der Waals surface area contributed by atoms with Gasteiger partial charge in [-0.15, -0.1) is 0 Å². The number of primary amides is 1. The molecule has 10 heavy (non-hydrogen) atoms. The van der Waals surface area contributed by atoms with Crippen LogP contribution in [-0.2, 0) is 4.74 Å². The lowest BCUT2D eigenvalue weighted by Gasteiger charge is -2.13. The molecule has 0 atom stereocenters. The number of urea groups is 1. The van der Waals surface area contributed by atoms with Crippen LogP contribution in [0.15, 0.2) is 0 Å². The van der Waals surface area contributed by atoms with Gasteiger partial charge in [0.1, 0.15) is 6.73 Å². The molecule has 0 saturated heterocycles. The van der Waals surface area contributed by atoms with E-state index in [0.29, 0.717) is 6.61 Å². The first kappa shape index (κ1) is 9.23. The van der Waals surface area contributed by atoms with Gasteiger partial charge in [-0.2, -0.15) is 0 Å². The molecule has 0 aromatic heterocycles. The van der Waals surface area contributed by atoms with Gasteiger partial charge in [0.25, 0.3) is 0 Å². The smallest absolute Gasteiger partial charge is 0.316 e. The van der Waals surface area contributed by atoms with Gasteiger partial charge >= 0.3 is 6.03 Å². The van der Waals surface area contributed by atoms with Crippen molar-refractivity contribution in [2.45, 2.75) is 13.3 Å². The summed E-state index contributed by atoms with van der Waals surface area (Å²) in [5.41, 5.74) is 4.93. The average molecular weight is 146 g/mol. The molecule has 0 bridgehead atoms. The molecular formula is C6H14N2O2. The number of nitrogens with two attached hydrogens (primary N) is 1. The van der Waals surface area contributed by atoms with Crippen LogP contribution in [0.1, 0.15) is 13.3 Å². The topological polar surface area (TPSA) is 55.6 Å². The largest absolute Gasteiger partial charge is 0.361 e. The van der Waals surface area contributed by atoms with Gasteiger partial charge in [0.2, 0.25) is 0 Å². The number of ether oxygens (including phenoxy) is 1. The molecule has 0 fully saturated rings. The molecule has 2 N–H and O–H groups in total. The minimum absolute atomic E-state index is 0.281. The standard InChI is InChI=1S/C6H14N2O2/c1-3-4-10-5-8(2)6(7)9/h3-5H2,1-2H3,(H2,7,9). The van der Waals surface area contributed by atoms with Crippen LogP contribution in [0.5, 0.6) is 0 Å². The lowest BCUT2D eigenvalue weighted by molar-refractivity contribution is 0.0620. The second-order valence-electron chi connectivity index (χ2n) is 2.07. The van der Waals surface area contributed by atoms with Crippen LogP contribution in [0.4, 0.5) is 4.79 Å². The Kier molecular flexibility index (Phi) is 4.66. The van der Waals surface area contributed by atoms with E-state index in [0.717, 1.165) is 6.42 Å². The SMILES string of the molecule is CCCOCN(C)C(N)=O. The maximum Gasteiger partial charge on any atom is 0.316 e. The summed E-state index contributed by atoms with van der Waals surface area (Å²) in [6.07, 6.45) is 0.951. The molecule has 0 saturated carbocycles. The Morgan fingerprint density at radius 2 is 2.30 bits per heavy atom. The molecular weight excluding hydrogens is 132 g/mol. The number of hydrogen-bond acceptors (Lipinski definition) is 2. The van der Waals surface area contributed by atoms with Gasteiger partial charge in [-0.25, -0.2) is 4.79 Å². The van der Waals surface area contributed by atoms with Gasteiger partial charge in [-0.05, 0) is 6.42 Å². The molecule has 4 nitrogen and oxygen atoms in total. The van der Waals surface area contributed by atoms with Crippen molar-refractivity contribution >= 4 is 6.03 Å². The summed E-state index contributed by atoms with van der Waals surface area (Å²) in [6.45, 7) is 2.95. The second-order valence-corrected chi connectivity index (χ2v) is 2.07. The van der Waals surface area contributed by atoms with Crippen molar-refractivity contribution in [1.29, 1.82) is 0 Å². The molecule has 0 aromatic rings. The van der Waals surface area contributed by atoms with E-state index >= 15 is 0 Å². The quantitative estimate of drug-likeness (QED) is 0.460. The second kappa shape index (κ2) is 5.05. The summed E-state index contributed by atoms with van der Waals surface area (Å²) in [6, 6.07) is -0.462. The fourth-order valence-corrected chi connectivity index (χ4v) is 0.409. The Labute approximate surface area is 60.9 Å². The fraction of sp³-hybridized carbons (Fsp3) is 0.833. The number of hydrogen-bond donors (Lipinski definition) is 1. The van der Waals surface area contributed by atoms with Crippen LogP contribution < -0.4 is 5.73 Å². The molecule has 0 aliphatic carbocycles. The van der Waals surface area contributed by atoms with Crippen LogP contribution in [0.3, 0.4) is 0 Å². The highest BCUT2D eigenvalue weighted by Gasteiger charge is 1.99. The first-order chi connectivity index (χ1) is 4.68. The van der Waals surface area contributed by atoms with Gasteiger partial charge in [-0.3, -0.25) is 0 Å². The van der Waals surface area contributed by atoms with Crippen LogP contribution in [0.25, 0.3) is 0 Å². The highest BCUT2D eigenvalue weighted by atomic mass is 16.5. The summed E-state index contributed by atoms with van der Waals surface area (Å²) < 4.78 is 5.03. The predicted molar refractivity (Wildman–Crippen MR) is 38.5 cm³/mol. The Morgan fingerprint density at radius 1 is 1.70 bits per heavy atom. The van der Waals surface area contributed by atoms with E-state index < -0.39 is 6.03 Å². The third kappa shape index (κ3) is 4.14. The molecule has 0 aromatic carbocycles. The zero-order valence-electron chi connectivity index (χ0n) is 6.46. The van der Waals surface area contributed by atoms with Gasteiger partial charge in [0.15, 0.2) is 0 Å². The molecule has 0 rings (SSSR count). The summed E-state index contributed by atoms with van der Waals surface area (Å²) in [5, 5.41) is 0. The lowest BCUT2D eigenvalue weighted by Crippen LogP contribution is -2.33. The van der Waals surface area contributed by atoms with Gasteiger partial charge in [0, 0.05) is 13.7 Å². The maximum absolute atomic E-state index is 10.4. The number of carbonyl (C=O) groups excluding carboxylic acids is 1. The fourth-order valence-electron chi connectivity index (χ4n) is 0.409. The van der Waals surface area contributed by atoms with Crippen molar-refractivity contribution in [3.8, 4) is 0 Å². The van der Waals surface area contributed by atoms with Crippen molar-refractivity contribution in [3.63, 3.8) is 0 Å². The Balaban J connectivity index is 3.21. The zero-order valence-corrected chi connectivity index (χ0v) is 6.46. The Morgan fingerprint density at radius 3 is 2.70 bits per heavy atom. The van der Waals surface area contributed by atoms with Crippen molar-refractivity contribution in [3.05, 3.63) is 0 Å². The van der Waals surface area contributed by atoms with E-state index in [1.165, 1.54) is 4.90 Å². The highest BCUT2D eigenvalue weighted by Crippen LogP contribution is 1.84. The van der Waals surface area contributed by atoms with Gasteiger partial charge in [0.05, 0.1) is 0 Å².